The Kier molecular flexibility index (Phi) is 3.07. The first-order chi connectivity index (χ1) is 6.66. The molecule has 2 aliphatic rings. The van der Waals surface area contributed by atoms with Gasteiger partial charge in [0.25, 0.3) is 0 Å². The summed E-state index contributed by atoms with van der Waals surface area (Å²) in [6.07, 6.45) is 0.949. The van der Waals surface area contributed by atoms with Crippen molar-refractivity contribution in [2.45, 2.75) is 44.9 Å². The lowest BCUT2D eigenvalue weighted by atomic mass is 9.97. The molecule has 2 rings (SSSR count). The fourth-order valence-corrected chi connectivity index (χ4v) is 2.62. The molecule has 0 saturated carbocycles. The van der Waals surface area contributed by atoms with E-state index in [9.17, 15) is 4.39 Å². The highest BCUT2D eigenvalue weighted by molar-refractivity contribution is 4.88. The Labute approximate surface area is 86.1 Å². The minimum Gasteiger partial charge on any atom is -0.298 e. The van der Waals surface area contributed by atoms with Crippen LogP contribution in [0.25, 0.3) is 0 Å². The minimum absolute atomic E-state index is 0.481. The van der Waals surface area contributed by atoms with Crippen molar-refractivity contribution in [3.8, 4) is 0 Å². The van der Waals surface area contributed by atoms with Crippen molar-refractivity contribution in [2.24, 2.45) is 0 Å². The Morgan fingerprint density at radius 3 is 2.71 bits per heavy atom. The van der Waals surface area contributed by atoms with Crippen LogP contribution in [0.3, 0.4) is 0 Å². The van der Waals surface area contributed by atoms with Crippen molar-refractivity contribution < 1.29 is 4.39 Å². The highest BCUT2D eigenvalue weighted by atomic mass is 19.1. The molecule has 0 spiro atoms. The van der Waals surface area contributed by atoms with Gasteiger partial charge in [-0.2, -0.15) is 0 Å². The summed E-state index contributed by atoms with van der Waals surface area (Å²) in [5.41, 5.74) is 0. The van der Waals surface area contributed by atoms with Gasteiger partial charge in [0.05, 0.1) is 0 Å². The summed E-state index contributed by atoms with van der Waals surface area (Å²) in [6, 6.07) is 1.09. The molecule has 0 amide bonds. The Morgan fingerprint density at radius 2 is 2.00 bits per heavy atom. The predicted octanol–water partition coefficient (Wildman–Crippen LogP) is 1.51. The molecule has 2 fully saturated rings. The van der Waals surface area contributed by atoms with Crippen molar-refractivity contribution in [1.82, 2.24) is 9.80 Å². The molecule has 0 aromatic heterocycles. The summed E-state index contributed by atoms with van der Waals surface area (Å²) >= 11 is 0. The maximum Gasteiger partial charge on any atom is 0.103 e. The van der Waals surface area contributed by atoms with Crippen molar-refractivity contribution in [3.05, 3.63) is 0 Å². The molecular formula is C11H21FN2. The highest BCUT2D eigenvalue weighted by Crippen LogP contribution is 2.24. The molecule has 0 N–H and O–H groups in total. The standard InChI is InChI=1S/C11H21FN2/c1-9(2)14-6-5-13-4-3-10(12)7-11(13)8-14/h9-11H,3-8H2,1-2H3/t10-,11-/m0/s1. The fourth-order valence-electron chi connectivity index (χ4n) is 2.62. The van der Waals surface area contributed by atoms with Gasteiger partial charge in [0.1, 0.15) is 6.17 Å². The number of piperazine rings is 1. The van der Waals surface area contributed by atoms with Crippen molar-refractivity contribution in [2.75, 3.05) is 26.2 Å². The van der Waals surface area contributed by atoms with Gasteiger partial charge in [-0.3, -0.25) is 9.80 Å². The third kappa shape index (κ3) is 2.09. The second kappa shape index (κ2) is 4.15. The molecule has 2 nitrogen and oxygen atoms in total. The van der Waals surface area contributed by atoms with Crippen molar-refractivity contribution in [3.63, 3.8) is 0 Å². The zero-order chi connectivity index (χ0) is 10.1. The normalized spacial score (nSPS) is 36.0. The van der Waals surface area contributed by atoms with Gasteiger partial charge in [0.2, 0.25) is 0 Å². The molecule has 82 valence electrons. The van der Waals surface area contributed by atoms with Crippen LogP contribution in [-0.4, -0.2) is 54.2 Å². The average molecular weight is 200 g/mol. The lowest BCUT2D eigenvalue weighted by Crippen LogP contribution is -2.57. The smallest absolute Gasteiger partial charge is 0.103 e. The first-order valence-electron chi connectivity index (χ1n) is 5.79. The van der Waals surface area contributed by atoms with Crippen LogP contribution in [0, 0.1) is 0 Å². The summed E-state index contributed by atoms with van der Waals surface area (Å²) < 4.78 is 13.2. The van der Waals surface area contributed by atoms with E-state index in [0.29, 0.717) is 12.1 Å². The van der Waals surface area contributed by atoms with Gasteiger partial charge in [-0.25, -0.2) is 4.39 Å². The Hall–Kier alpha value is -0.150. The predicted molar refractivity (Wildman–Crippen MR) is 56.2 cm³/mol. The summed E-state index contributed by atoms with van der Waals surface area (Å²) in [6.45, 7) is 8.79. The van der Waals surface area contributed by atoms with Crippen LogP contribution in [0.2, 0.25) is 0 Å². The van der Waals surface area contributed by atoms with E-state index in [1.807, 2.05) is 0 Å². The van der Waals surface area contributed by atoms with E-state index >= 15 is 0 Å². The van der Waals surface area contributed by atoms with Crippen LogP contribution in [0.4, 0.5) is 4.39 Å². The lowest BCUT2D eigenvalue weighted by molar-refractivity contribution is 0.0103. The second-order valence-corrected chi connectivity index (χ2v) is 4.90. The van der Waals surface area contributed by atoms with Gasteiger partial charge < -0.3 is 0 Å². The number of alkyl halides is 1. The maximum atomic E-state index is 13.2. The summed E-state index contributed by atoms with van der Waals surface area (Å²) in [4.78, 5) is 4.94. The average Bonchev–Trinajstić information content (AvgIpc) is 2.16. The number of halogens is 1. The number of piperidine rings is 1. The second-order valence-electron chi connectivity index (χ2n) is 4.90. The van der Waals surface area contributed by atoms with Crippen molar-refractivity contribution in [1.29, 1.82) is 0 Å². The number of fused-ring (bicyclic) bond motifs is 1. The molecule has 0 aromatic carbocycles. The highest BCUT2D eigenvalue weighted by Gasteiger charge is 2.33. The Morgan fingerprint density at radius 1 is 1.21 bits per heavy atom. The number of hydrogen-bond donors (Lipinski definition) is 0. The van der Waals surface area contributed by atoms with E-state index < -0.39 is 6.17 Å². The van der Waals surface area contributed by atoms with E-state index in [0.717, 1.165) is 39.0 Å². The van der Waals surface area contributed by atoms with E-state index in [1.165, 1.54) is 0 Å². The molecule has 3 heteroatoms. The lowest BCUT2D eigenvalue weighted by Gasteiger charge is -2.46. The first-order valence-corrected chi connectivity index (χ1v) is 5.79. The molecule has 2 aliphatic heterocycles. The Balaban J connectivity index is 1.93. The quantitative estimate of drug-likeness (QED) is 0.633. The van der Waals surface area contributed by atoms with E-state index in [-0.39, 0.29) is 0 Å². The molecule has 14 heavy (non-hydrogen) atoms. The van der Waals surface area contributed by atoms with E-state index in [4.69, 9.17) is 0 Å². The molecule has 0 unspecified atom stereocenters. The molecule has 0 aliphatic carbocycles. The van der Waals surface area contributed by atoms with Gasteiger partial charge in [0, 0.05) is 38.3 Å². The van der Waals surface area contributed by atoms with Gasteiger partial charge >= 0.3 is 0 Å². The van der Waals surface area contributed by atoms with Crippen LogP contribution >= 0.6 is 0 Å². The molecule has 2 saturated heterocycles. The molecule has 0 bridgehead atoms. The summed E-state index contributed by atoms with van der Waals surface area (Å²) in [5.74, 6) is 0. The topological polar surface area (TPSA) is 6.48 Å². The monoisotopic (exact) mass is 200 g/mol. The van der Waals surface area contributed by atoms with Crippen LogP contribution in [0.5, 0.6) is 0 Å². The molecule has 2 heterocycles. The first kappa shape index (κ1) is 10.4. The number of hydrogen-bond acceptors (Lipinski definition) is 2. The van der Waals surface area contributed by atoms with Gasteiger partial charge in [-0.05, 0) is 26.7 Å². The van der Waals surface area contributed by atoms with Gasteiger partial charge in [0.15, 0.2) is 0 Å². The maximum absolute atomic E-state index is 13.2. The van der Waals surface area contributed by atoms with Gasteiger partial charge in [-0.15, -0.1) is 0 Å². The molecule has 0 radical (unpaired) electrons. The zero-order valence-electron chi connectivity index (χ0n) is 9.25. The summed E-state index contributed by atoms with van der Waals surface area (Å²) in [7, 11) is 0. The third-order valence-corrected chi connectivity index (χ3v) is 3.62. The largest absolute Gasteiger partial charge is 0.298 e. The Bertz CT molecular complexity index is 196. The number of nitrogens with zero attached hydrogens (tertiary/aromatic N) is 2. The minimum atomic E-state index is -0.552. The molecular weight excluding hydrogens is 179 g/mol. The number of rotatable bonds is 1. The van der Waals surface area contributed by atoms with Crippen LogP contribution < -0.4 is 0 Å². The molecule has 0 aromatic rings. The zero-order valence-corrected chi connectivity index (χ0v) is 9.25. The SMILES string of the molecule is CC(C)N1CCN2CC[C@H](F)C[C@H]2C1. The van der Waals surface area contributed by atoms with Crippen LogP contribution in [0.1, 0.15) is 26.7 Å². The van der Waals surface area contributed by atoms with E-state index in [1.54, 1.807) is 0 Å². The van der Waals surface area contributed by atoms with Gasteiger partial charge in [-0.1, -0.05) is 0 Å². The summed E-state index contributed by atoms with van der Waals surface area (Å²) in [5, 5.41) is 0. The third-order valence-electron chi connectivity index (χ3n) is 3.62. The van der Waals surface area contributed by atoms with E-state index in [2.05, 4.69) is 23.6 Å². The molecule has 2 atom stereocenters. The fraction of sp³-hybridized carbons (Fsp3) is 1.00. The van der Waals surface area contributed by atoms with Crippen LogP contribution in [-0.2, 0) is 0 Å². The van der Waals surface area contributed by atoms with Crippen LogP contribution in [0.15, 0.2) is 0 Å². The van der Waals surface area contributed by atoms with Crippen molar-refractivity contribution >= 4 is 0 Å².